The number of aromatic nitrogens is 4. The molecule has 4 unspecified atom stereocenters. The fraction of sp³-hybridized carbons (Fsp3) is 0.727. The molecule has 1 aliphatic heterocycles. The number of amides is 2. The Kier molecular flexibility index (Phi) is 11.0. The number of carbonyl (C=O) groups is 2. The van der Waals surface area contributed by atoms with Crippen LogP contribution < -0.4 is 11.1 Å². The second kappa shape index (κ2) is 15.0. The molecule has 13 nitrogen and oxygen atoms in total. The summed E-state index contributed by atoms with van der Waals surface area (Å²) in [6.45, 7) is 9.98. The maximum Gasteiger partial charge on any atom is 0.410 e. The number of carbonyl (C=O) groups excluding carboxylic acids is 2. The van der Waals surface area contributed by atoms with Gasteiger partial charge in [-0.05, 0) is 68.6 Å². The van der Waals surface area contributed by atoms with Crippen LogP contribution in [-0.2, 0) is 14.3 Å². The van der Waals surface area contributed by atoms with Crippen molar-refractivity contribution in [3.05, 3.63) is 12.2 Å². The van der Waals surface area contributed by atoms with Gasteiger partial charge in [0.05, 0.1) is 6.33 Å². The maximum absolute atomic E-state index is 13.1. The Morgan fingerprint density at radius 3 is 2.67 bits per heavy atom. The number of anilines is 1. The van der Waals surface area contributed by atoms with Gasteiger partial charge in [-0.2, -0.15) is 0 Å². The number of nitrogens with zero attached hydrogens (tertiary/aromatic N) is 5. The summed E-state index contributed by atoms with van der Waals surface area (Å²) < 4.78 is 13.3. The lowest BCUT2D eigenvalue weighted by Gasteiger charge is -2.37. The molecule has 2 aromatic heterocycles. The van der Waals surface area contributed by atoms with Crippen molar-refractivity contribution in [3.63, 3.8) is 0 Å². The van der Waals surface area contributed by atoms with Crippen LogP contribution in [0, 0.1) is 29.6 Å². The number of fused-ring (bicyclic) bond motifs is 1. The highest BCUT2D eigenvalue weighted by atomic mass is 16.6. The van der Waals surface area contributed by atoms with Gasteiger partial charge in [-0.3, -0.25) is 9.36 Å². The van der Waals surface area contributed by atoms with E-state index in [0.29, 0.717) is 42.8 Å². The molecule has 2 aromatic rings. The summed E-state index contributed by atoms with van der Waals surface area (Å²) in [6, 6.07) is 0.0852. The van der Waals surface area contributed by atoms with Gasteiger partial charge >= 0.3 is 6.09 Å². The SMILES string of the molecule is CCCN(CCCCC#Cc1nc(N)c2ncn([C@@H]3O[C@H](C(=O)NC4CC4)[C@H](O)C3O)c2n1)C(=O)OC1CC(C)CCC1C(C)C. The first kappa shape index (κ1) is 33.9. The zero-order valence-corrected chi connectivity index (χ0v) is 27.4. The van der Waals surface area contributed by atoms with Crippen LogP contribution in [0.1, 0.15) is 97.5 Å². The third-order valence-corrected chi connectivity index (χ3v) is 9.29. The van der Waals surface area contributed by atoms with E-state index in [4.69, 9.17) is 15.2 Å². The zero-order chi connectivity index (χ0) is 33.0. The number of ether oxygens (including phenoxy) is 2. The molecular weight excluding hydrogens is 590 g/mol. The Morgan fingerprint density at radius 1 is 1.17 bits per heavy atom. The fourth-order valence-electron chi connectivity index (χ4n) is 6.47. The second-order valence-corrected chi connectivity index (χ2v) is 13.5. The number of aliphatic hydroxyl groups excluding tert-OH is 2. The standard InChI is InChI=1S/C33H49N7O6/c1-5-15-39(33(44)45-23-17-20(4)11-14-22(23)19(2)3)16-9-7-6-8-10-24-37-29(34)25-30(38-24)40(18-35-25)32-27(42)26(41)28(46-32)31(43)36-21-12-13-21/h18-23,26-28,32,41-42H,5-7,9,11-17H2,1-4H3,(H,36,43)(H2,34,37,38)/t20?,22?,23?,26-,27?,28+,32-/m1/s1. The van der Waals surface area contributed by atoms with Gasteiger partial charge in [-0.15, -0.1) is 0 Å². The molecule has 13 heteroatoms. The first-order chi connectivity index (χ1) is 22.1. The van der Waals surface area contributed by atoms with Crippen LogP contribution in [-0.4, -0.2) is 90.2 Å². The summed E-state index contributed by atoms with van der Waals surface area (Å²) in [5, 5.41) is 24.0. The average Bonchev–Trinajstić information content (AvgIpc) is 3.65. The summed E-state index contributed by atoms with van der Waals surface area (Å²) >= 11 is 0. The Morgan fingerprint density at radius 2 is 1.96 bits per heavy atom. The number of unbranched alkanes of at least 4 members (excludes halogenated alkanes) is 2. The van der Waals surface area contributed by atoms with E-state index in [1.165, 1.54) is 17.3 Å². The number of hydrogen-bond acceptors (Lipinski definition) is 10. The minimum absolute atomic E-state index is 0.0237. The molecule has 3 aliphatic rings. The highest BCUT2D eigenvalue weighted by Crippen LogP contribution is 2.36. The van der Waals surface area contributed by atoms with Crippen LogP contribution >= 0.6 is 0 Å². The van der Waals surface area contributed by atoms with E-state index in [-0.39, 0.29) is 35.5 Å². The van der Waals surface area contributed by atoms with Crippen LogP contribution in [0.3, 0.4) is 0 Å². The summed E-state index contributed by atoms with van der Waals surface area (Å²) in [6.07, 6.45) is 4.00. The van der Waals surface area contributed by atoms with Gasteiger partial charge in [0, 0.05) is 25.6 Å². The number of hydrogen-bond donors (Lipinski definition) is 4. The van der Waals surface area contributed by atoms with Crippen LogP contribution in [0.4, 0.5) is 10.6 Å². The highest BCUT2D eigenvalue weighted by Gasteiger charge is 2.48. The van der Waals surface area contributed by atoms with E-state index in [2.05, 4.69) is 59.8 Å². The van der Waals surface area contributed by atoms with Gasteiger partial charge in [-0.1, -0.05) is 40.0 Å². The van der Waals surface area contributed by atoms with Crippen molar-refractivity contribution in [1.82, 2.24) is 29.7 Å². The molecule has 0 radical (unpaired) electrons. The average molecular weight is 640 g/mol. The molecule has 2 amide bonds. The van der Waals surface area contributed by atoms with Crippen molar-refractivity contribution >= 4 is 29.0 Å². The molecule has 2 saturated carbocycles. The number of nitrogens with one attached hydrogen (secondary N) is 1. The number of nitrogen functional groups attached to an aromatic ring is 1. The van der Waals surface area contributed by atoms with E-state index in [9.17, 15) is 19.8 Å². The van der Waals surface area contributed by atoms with Crippen molar-refractivity contribution in [1.29, 1.82) is 0 Å². The van der Waals surface area contributed by atoms with Crippen molar-refractivity contribution in [2.45, 2.75) is 122 Å². The molecule has 1 saturated heterocycles. The van der Waals surface area contributed by atoms with Crippen molar-refractivity contribution < 1.29 is 29.3 Å². The van der Waals surface area contributed by atoms with E-state index >= 15 is 0 Å². The molecule has 3 fully saturated rings. The molecule has 46 heavy (non-hydrogen) atoms. The van der Waals surface area contributed by atoms with E-state index < -0.39 is 30.4 Å². The largest absolute Gasteiger partial charge is 0.446 e. The monoisotopic (exact) mass is 639 g/mol. The number of rotatable bonds is 11. The molecule has 252 valence electrons. The minimum Gasteiger partial charge on any atom is -0.446 e. The number of nitrogens with two attached hydrogens (primary N) is 1. The molecule has 3 heterocycles. The lowest BCUT2D eigenvalue weighted by Crippen LogP contribution is -2.43. The lowest BCUT2D eigenvalue weighted by atomic mass is 9.75. The minimum atomic E-state index is -1.41. The molecule has 5 rings (SSSR count). The van der Waals surface area contributed by atoms with Crippen LogP contribution in [0.5, 0.6) is 0 Å². The second-order valence-electron chi connectivity index (χ2n) is 13.5. The van der Waals surface area contributed by atoms with Crippen molar-refractivity contribution in [2.75, 3.05) is 18.8 Å². The summed E-state index contributed by atoms with van der Waals surface area (Å²) in [4.78, 5) is 40.5. The number of aliphatic hydroxyl groups is 2. The Hall–Kier alpha value is -3.47. The van der Waals surface area contributed by atoms with E-state index in [0.717, 1.165) is 44.9 Å². The molecule has 7 atom stereocenters. The molecule has 0 bridgehead atoms. The van der Waals surface area contributed by atoms with Gasteiger partial charge in [0.1, 0.15) is 23.8 Å². The Balaban J connectivity index is 1.16. The van der Waals surface area contributed by atoms with Crippen LogP contribution in [0.2, 0.25) is 0 Å². The first-order valence-electron chi connectivity index (χ1n) is 16.8. The van der Waals surface area contributed by atoms with Gasteiger partial charge in [0.25, 0.3) is 5.91 Å². The topological polar surface area (TPSA) is 178 Å². The third kappa shape index (κ3) is 7.90. The summed E-state index contributed by atoms with van der Waals surface area (Å²) in [7, 11) is 0. The van der Waals surface area contributed by atoms with E-state index in [1.807, 2.05) is 4.90 Å². The molecule has 0 aromatic carbocycles. The Labute approximate surface area is 270 Å². The van der Waals surface area contributed by atoms with Gasteiger partial charge in [0.2, 0.25) is 5.82 Å². The van der Waals surface area contributed by atoms with Crippen LogP contribution in [0.15, 0.2) is 6.33 Å². The summed E-state index contributed by atoms with van der Waals surface area (Å²) in [5.74, 6) is 7.34. The summed E-state index contributed by atoms with van der Waals surface area (Å²) in [5.41, 5.74) is 6.72. The van der Waals surface area contributed by atoms with Gasteiger partial charge in [0.15, 0.2) is 23.8 Å². The smallest absolute Gasteiger partial charge is 0.410 e. The maximum atomic E-state index is 13.1. The van der Waals surface area contributed by atoms with E-state index in [1.54, 1.807) is 0 Å². The fourth-order valence-corrected chi connectivity index (χ4v) is 6.47. The lowest BCUT2D eigenvalue weighted by molar-refractivity contribution is -0.137. The van der Waals surface area contributed by atoms with Crippen molar-refractivity contribution in [2.24, 2.45) is 17.8 Å². The highest BCUT2D eigenvalue weighted by molar-refractivity contribution is 5.83. The number of imidazole rings is 1. The third-order valence-electron chi connectivity index (χ3n) is 9.29. The quantitative estimate of drug-likeness (QED) is 0.211. The predicted octanol–water partition coefficient (Wildman–Crippen LogP) is 3.14. The first-order valence-corrected chi connectivity index (χ1v) is 16.8. The van der Waals surface area contributed by atoms with Crippen LogP contribution in [0.25, 0.3) is 11.2 Å². The normalized spacial score (nSPS) is 27.8. The molecule has 5 N–H and O–H groups in total. The van der Waals surface area contributed by atoms with Gasteiger partial charge in [-0.25, -0.2) is 19.7 Å². The van der Waals surface area contributed by atoms with Gasteiger partial charge < -0.3 is 35.6 Å². The molecule has 0 spiro atoms. The predicted molar refractivity (Wildman–Crippen MR) is 171 cm³/mol. The van der Waals surface area contributed by atoms with Crippen molar-refractivity contribution in [3.8, 4) is 11.8 Å². The molecule has 2 aliphatic carbocycles. The Bertz CT molecular complexity index is 1430. The molecular formula is C33H49N7O6. The zero-order valence-electron chi connectivity index (χ0n) is 27.4.